The molecule has 25 heavy (non-hydrogen) atoms. The standard InChI is InChI=1S/C21H24N2O2/c1-13-4-7-16(8-5-13)12-22-20(24)18-11-19(18)21(25)23-17-9-6-14(2)15(3)10-17/h4-10,18-19H,11-12H2,1-3H3,(H,22,24)(H,23,25). The summed E-state index contributed by atoms with van der Waals surface area (Å²) in [6.07, 6.45) is 0.621. The summed E-state index contributed by atoms with van der Waals surface area (Å²) >= 11 is 0. The fraction of sp³-hybridized carbons (Fsp3) is 0.333. The summed E-state index contributed by atoms with van der Waals surface area (Å²) in [6, 6.07) is 13.9. The average molecular weight is 336 g/mol. The molecule has 4 nitrogen and oxygen atoms in total. The van der Waals surface area contributed by atoms with Gasteiger partial charge in [0.2, 0.25) is 11.8 Å². The van der Waals surface area contributed by atoms with Gasteiger partial charge in [-0.05, 0) is 56.0 Å². The third-order valence-electron chi connectivity index (χ3n) is 4.83. The Kier molecular flexibility index (Phi) is 4.88. The molecule has 4 heteroatoms. The summed E-state index contributed by atoms with van der Waals surface area (Å²) in [7, 11) is 0. The van der Waals surface area contributed by atoms with Crippen LogP contribution < -0.4 is 10.6 Å². The average Bonchev–Trinajstić information content (AvgIpc) is 3.38. The van der Waals surface area contributed by atoms with Crippen molar-refractivity contribution in [2.24, 2.45) is 11.8 Å². The molecule has 130 valence electrons. The zero-order chi connectivity index (χ0) is 18.0. The van der Waals surface area contributed by atoms with Crippen molar-refractivity contribution in [2.45, 2.75) is 33.7 Å². The molecule has 3 rings (SSSR count). The van der Waals surface area contributed by atoms with E-state index in [9.17, 15) is 9.59 Å². The Bertz CT molecular complexity index is 796. The van der Waals surface area contributed by atoms with E-state index in [0.29, 0.717) is 13.0 Å². The van der Waals surface area contributed by atoms with Crippen molar-refractivity contribution in [1.29, 1.82) is 0 Å². The van der Waals surface area contributed by atoms with Gasteiger partial charge in [0.25, 0.3) is 0 Å². The zero-order valence-electron chi connectivity index (χ0n) is 14.9. The molecule has 2 aromatic rings. The van der Waals surface area contributed by atoms with Crippen LogP contribution in [-0.4, -0.2) is 11.8 Å². The lowest BCUT2D eigenvalue weighted by Gasteiger charge is -2.08. The Labute approximate surface area is 148 Å². The third-order valence-corrected chi connectivity index (χ3v) is 4.83. The van der Waals surface area contributed by atoms with Crippen LogP contribution in [0.4, 0.5) is 5.69 Å². The van der Waals surface area contributed by atoms with Gasteiger partial charge in [0.15, 0.2) is 0 Å². The SMILES string of the molecule is Cc1ccc(CNC(=O)C2CC2C(=O)Nc2ccc(C)c(C)c2)cc1. The van der Waals surface area contributed by atoms with E-state index in [-0.39, 0.29) is 23.7 Å². The topological polar surface area (TPSA) is 58.2 Å². The van der Waals surface area contributed by atoms with E-state index in [2.05, 4.69) is 10.6 Å². The maximum atomic E-state index is 12.3. The maximum Gasteiger partial charge on any atom is 0.228 e. The molecule has 1 fully saturated rings. The van der Waals surface area contributed by atoms with Crippen molar-refractivity contribution in [3.63, 3.8) is 0 Å². The second kappa shape index (κ2) is 7.09. The lowest BCUT2D eigenvalue weighted by atomic mass is 10.1. The number of rotatable bonds is 5. The fourth-order valence-electron chi connectivity index (χ4n) is 2.85. The smallest absolute Gasteiger partial charge is 0.228 e. The number of hydrogen-bond donors (Lipinski definition) is 2. The zero-order valence-corrected chi connectivity index (χ0v) is 14.9. The Morgan fingerprint density at radius 2 is 1.60 bits per heavy atom. The van der Waals surface area contributed by atoms with Gasteiger partial charge >= 0.3 is 0 Å². The number of benzene rings is 2. The summed E-state index contributed by atoms with van der Waals surface area (Å²) in [6.45, 7) is 6.59. The van der Waals surface area contributed by atoms with E-state index in [1.165, 1.54) is 11.1 Å². The van der Waals surface area contributed by atoms with Crippen LogP contribution in [0, 0.1) is 32.6 Å². The molecule has 1 aliphatic rings. The molecular formula is C21H24N2O2. The highest BCUT2D eigenvalue weighted by Crippen LogP contribution is 2.39. The van der Waals surface area contributed by atoms with Crippen LogP contribution >= 0.6 is 0 Å². The molecular weight excluding hydrogens is 312 g/mol. The number of aryl methyl sites for hydroxylation is 3. The van der Waals surface area contributed by atoms with Gasteiger partial charge in [-0.3, -0.25) is 9.59 Å². The first-order chi connectivity index (χ1) is 11.9. The van der Waals surface area contributed by atoms with Gasteiger partial charge in [-0.2, -0.15) is 0 Å². The van der Waals surface area contributed by atoms with Gasteiger partial charge in [0, 0.05) is 12.2 Å². The highest BCUT2D eigenvalue weighted by Gasteiger charge is 2.47. The molecule has 0 radical (unpaired) electrons. The van der Waals surface area contributed by atoms with Crippen LogP contribution in [0.1, 0.15) is 28.7 Å². The molecule has 0 aliphatic heterocycles. The van der Waals surface area contributed by atoms with E-state index in [1.807, 2.05) is 63.2 Å². The van der Waals surface area contributed by atoms with E-state index in [0.717, 1.165) is 16.8 Å². The molecule has 2 amide bonds. The van der Waals surface area contributed by atoms with Crippen LogP contribution in [0.2, 0.25) is 0 Å². The molecule has 2 atom stereocenters. The van der Waals surface area contributed by atoms with Crippen LogP contribution in [0.3, 0.4) is 0 Å². The first-order valence-electron chi connectivity index (χ1n) is 8.65. The van der Waals surface area contributed by atoms with Crippen molar-refractivity contribution in [3.05, 3.63) is 64.7 Å². The number of hydrogen-bond acceptors (Lipinski definition) is 2. The Morgan fingerprint density at radius 3 is 2.28 bits per heavy atom. The molecule has 0 bridgehead atoms. The summed E-state index contributed by atoms with van der Waals surface area (Å²) in [5.74, 6) is -0.545. The monoisotopic (exact) mass is 336 g/mol. The molecule has 2 unspecified atom stereocenters. The first-order valence-corrected chi connectivity index (χ1v) is 8.65. The second-order valence-electron chi connectivity index (χ2n) is 6.94. The lowest BCUT2D eigenvalue weighted by Crippen LogP contribution is -2.27. The fourth-order valence-corrected chi connectivity index (χ4v) is 2.85. The van der Waals surface area contributed by atoms with Crippen molar-refractivity contribution < 1.29 is 9.59 Å². The molecule has 2 N–H and O–H groups in total. The molecule has 0 aromatic heterocycles. The minimum Gasteiger partial charge on any atom is -0.352 e. The van der Waals surface area contributed by atoms with Gasteiger partial charge in [0.05, 0.1) is 11.8 Å². The van der Waals surface area contributed by atoms with Crippen molar-refractivity contribution in [3.8, 4) is 0 Å². The number of carbonyl (C=O) groups excluding carboxylic acids is 2. The minimum absolute atomic E-state index is 0.0409. The highest BCUT2D eigenvalue weighted by atomic mass is 16.2. The summed E-state index contributed by atoms with van der Waals surface area (Å²) in [5, 5.41) is 5.84. The number of amides is 2. The van der Waals surface area contributed by atoms with Crippen LogP contribution in [0.5, 0.6) is 0 Å². The Hall–Kier alpha value is -2.62. The Morgan fingerprint density at radius 1 is 0.920 bits per heavy atom. The molecule has 0 heterocycles. The van der Waals surface area contributed by atoms with Crippen LogP contribution in [0.15, 0.2) is 42.5 Å². The van der Waals surface area contributed by atoms with E-state index in [1.54, 1.807) is 0 Å². The lowest BCUT2D eigenvalue weighted by molar-refractivity contribution is -0.125. The van der Waals surface area contributed by atoms with Gasteiger partial charge < -0.3 is 10.6 Å². The van der Waals surface area contributed by atoms with Crippen molar-refractivity contribution in [2.75, 3.05) is 5.32 Å². The highest BCUT2D eigenvalue weighted by molar-refractivity contribution is 5.99. The summed E-state index contributed by atoms with van der Waals surface area (Å²) < 4.78 is 0. The Balaban J connectivity index is 1.49. The largest absolute Gasteiger partial charge is 0.352 e. The third kappa shape index (κ3) is 4.27. The van der Waals surface area contributed by atoms with E-state index in [4.69, 9.17) is 0 Å². The van der Waals surface area contributed by atoms with Crippen molar-refractivity contribution >= 4 is 17.5 Å². The molecule has 1 saturated carbocycles. The second-order valence-corrected chi connectivity index (χ2v) is 6.94. The molecule has 2 aromatic carbocycles. The molecule has 0 saturated heterocycles. The summed E-state index contributed by atoms with van der Waals surface area (Å²) in [4.78, 5) is 24.5. The maximum absolute atomic E-state index is 12.3. The number of carbonyl (C=O) groups is 2. The number of anilines is 1. The van der Waals surface area contributed by atoms with Crippen molar-refractivity contribution in [1.82, 2.24) is 5.32 Å². The number of nitrogens with one attached hydrogen (secondary N) is 2. The van der Waals surface area contributed by atoms with Gasteiger partial charge in [0.1, 0.15) is 0 Å². The van der Waals surface area contributed by atoms with E-state index >= 15 is 0 Å². The van der Waals surface area contributed by atoms with Gasteiger partial charge in [-0.25, -0.2) is 0 Å². The molecule has 1 aliphatic carbocycles. The molecule has 0 spiro atoms. The van der Waals surface area contributed by atoms with Gasteiger partial charge in [-0.15, -0.1) is 0 Å². The van der Waals surface area contributed by atoms with Gasteiger partial charge in [-0.1, -0.05) is 35.9 Å². The normalized spacial score (nSPS) is 18.5. The summed E-state index contributed by atoms with van der Waals surface area (Å²) in [5.41, 5.74) is 5.38. The van der Waals surface area contributed by atoms with Crippen LogP contribution in [-0.2, 0) is 16.1 Å². The quantitative estimate of drug-likeness (QED) is 0.878. The minimum atomic E-state index is -0.223. The first kappa shape index (κ1) is 17.2. The predicted octanol–water partition coefficient (Wildman–Crippen LogP) is 3.50. The van der Waals surface area contributed by atoms with Crippen LogP contribution in [0.25, 0.3) is 0 Å². The van der Waals surface area contributed by atoms with E-state index < -0.39 is 0 Å². The predicted molar refractivity (Wildman–Crippen MR) is 99.2 cm³/mol.